The van der Waals surface area contributed by atoms with Gasteiger partial charge >= 0.3 is 0 Å². The summed E-state index contributed by atoms with van der Waals surface area (Å²) in [5, 5.41) is 24.0. The van der Waals surface area contributed by atoms with Crippen LogP contribution in [-0.2, 0) is 10.6 Å². The summed E-state index contributed by atoms with van der Waals surface area (Å²) in [6.45, 7) is 0.277. The molecule has 2 aromatic rings. The summed E-state index contributed by atoms with van der Waals surface area (Å²) in [7, 11) is 1.61. The molecule has 0 radical (unpaired) electrons. The van der Waals surface area contributed by atoms with E-state index in [2.05, 4.69) is 32.1 Å². The van der Waals surface area contributed by atoms with Crippen LogP contribution in [0.3, 0.4) is 0 Å². The SMILES string of the molecule is CN[C@@]1(n2cnc3c(N)ncnc32)O[C@H](CCC#CCN)[C@@H](O)[C@H]1O. The van der Waals surface area contributed by atoms with Gasteiger partial charge in [-0.15, -0.1) is 5.92 Å². The molecular formula is C15H21N7O3. The van der Waals surface area contributed by atoms with Crippen molar-refractivity contribution in [3.8, 4) is 11.8 Å². The minimum absolute atomic E-state index is 0.219. The van der Waals surface area contributed by atoms with Gasteiger partial charge < -0.3 is 26.4 Å². The van der Waals surface area contributed by atoms with E-state index in [1.54, 1.807) is 7.05 Å². The zero-order valence-corrected chi connectivity index (χ0v) is 13.8. The fraction of sp³-hybridized carbons (Fsp3) is 0.533. The maximum atomic E-state index is 10.7. The van der Waals surface area contributed by atoms with Crippen LogP contribution in [0.5, 0.6) is 0 Å². The molecule has 10 nitrogen and oxygen atoms in total. The van der Waals surface area contributed by atoms with Gasteiger partial charge in [0.15, 0.2) is 11.5 Å². The summed E-state index contributed by atoms with van der Waals surface area (Å²) < 4.78 is 7.52. The van der Waals surface area contributed by atoms with Crippen molar-refractivity contribution in [1.82, 2.24) is 24.8 Å². The molecule has 3 heterocycles. The lowest BCUT2D eigenvalue weighted by atomic mass is 10.0. The fourth-order valence-corrected chi connectivity index (χ4v) is 3.03. The second-order valence-corrected chi connectivity index (χ2v) is 5.68. The number of nitrogens with two attached hydrogens (primary N) is 2. The summed E-state index contributed by atoms with van der Waals surface area (Å²) >= 11 is 0. The number of nitrogen functional groups attached to an aromatic ring is 1. The lowest BCUT2D eigenvalue weighted by molar-refractivity contribution is -0.159. The van der Waals surface area contributed by atoms with E-state index in [1.165, 1.54) is 17.2 Å². The quantitative estimate of drug-likeness (QED) is 0.398. The average Bonchev–Trinajstić information content (AvgIpc) is 3.15. The number of hydrogen-bond donors (Lipinski definition) is 5. The fourth-order valence-electron chi connectivity index (χ4n) is 3.03. The smallest absolute Gasteiger partial charge is 0.234 e. The van der Waals surface area contributed by atoms with Gasteiger partial charge in [0, 0.05) is 6.42 Å². The first-order chi connectivity index (χ1) is 12.0. The van der Waals surface area contributed by atoms with E-state index in [-0.39, 0.29) is 12.4 Å². The molecule has 1 saturated heterocycles. The molecule has 0 aliphatic carbocycles. The average molecular weight is 347 g/mol. The molecule has 0 spiro atoms. The Morgan fingerprint density at radius 1 is 1.36 bits per heavy atom. The van der Waals surface area contributed by atoms with Crippen molar-refractivity contribution in [3.05, 3.63) is 12.7 Å². The highest BCUT2D eigenvalue weighted by molar-refractivity contribution is 5.81. The van der Waals surface area contributed by atoms with E-state index in [4.69, 9.17) is 16.2 Å². The van der Waals surface area contributed by atoms with Crippen LogP contribution >= 0.6 is 0 Å². The molecule has 2 aromatic heterocycles. The number of aliphatic hydroxyl groups excluding tert-OH is 2. The van der Waals surface area contributed by atoms with Crippen LogP contribution in [0.2, 0.25) is 0 Å². The molecule has 1 fully saturated rings. The molecule has 0 saturated carbocycles. The number of nitrogens with one attached hydrogen (secondary N) is 1. The summed E-state index contributed by atoms with van der Waals surface area (Å²) in [4.78, 5) is 12.3. The lowest BCUT2D eigenvalue weighted by Crippen LogP contribution is -2.54. The summed E-state index contributed by atoms with van der Waals surface area (Å²) in [6, 6.07) is 0. The maximum Gasteiger partial charge on any atom is 0.234 e. The zero-order chi connectivity index (χ0) is 18.0. The van der Waals surface area contributed by atoms with Crippen molar-refractivity contribution in [2.24, 2.45) is 5.73 Å². The Labute approximate surface area is 144 Å². The van der Waals surface area contributed by atoms with Crippen molar-refractivity contribution >= 4 is 17.0 Å². The van der Waals surface area contributed by atoms with Crippen LogP contribution in [0.1, 0.15) is 12.8 Å². The normalized spacial score (nSPS) is 28.9. The van der Waals surface area contributed by atoms with Crippen LogP contribution in [0.25, 0.3) is 11.2 Å². The minimum Gasteiger partial charge on any atom is -0.387 e. The topological polar surface area (TPSA) is 157 Å². The highest BCUT2D eigenvalue weighted by atomic mass is 16.6. The molecule has 134 valence electrons. The van der Waals surface area contributed by atoms with E-state index in [0.717, 1.165) is 0 Å². The van der Waals surface area contributed by atoms with Crippen molar-refractivity contribution < 1.29 is 14.9 Å². The number of imidazole rings is 1. The monoisotopic (exact) mass is 347 g/mol. The van der Waals surface area contributed by atoms with Gasteiger partial charge in [-0.1, -0.05) is 5.92 Å². The van der Waals surface area contributed by atoms with Crippen molar-refractivity contribution in [2.45, 2.75) is 37.0 Å². The standard InChI is InChI=1S/C15H21N7O3/c1-18-15(22-8-21-10-13(17)19-7-20-14(10)22)12(24)11(23)9(25-15)5-3-2-4-6-16/h7-9,11-12,18,23-24H,3,5-6,16H2,1H3,(H2,17,19,20)/t9-,11-,12-,15+/m1/s1. The van der Waals surface area contributed by atoms with E-state index in [1.807, 2.05) is 0 Å². The molecule has 4 atom stereocenters. The van der Waals surface area contributed by atoms with Crippen LogP contribution in [0.15, 0.2) is 12.7 Å². The maximum absolute atomic E-state index is 10.7. The summed E-state index contributed by atoms with van der Waals surface area (Å²) in [5.41, 5.74) is 11.9. The molecule has 0 bridgehead atoms. The van der Waals surface area contributed by atoms with Gasteiger partial charge in [0.1, 0.15) is 30.4 Å². The molecule has 0 aromatic carbocycles. The van der Waals surface area contributed by atoms with Crippen LogP contribution in [0.4, 0.5) is 5.82 Å². The predicted octanol–water partition coefficient (Wildman–Crippen LogP) is -1.90. The number of likely N-dealkylation sites (N-methyl/N-ethyl adjacent to an activating group) is 1. The first-order valence-corrected chi connectivity index (χ1v) is 7.87. The molecule has 25 heavy (non-hydrogen) atoms. The van der Waals surface area contributed by atoms with Gasteiger partial charge in [-0.3, -0.25) is 9.88 Å². The molecule has 7 N–H and O–H groups in total. The molecule has 1 aliphatic heterocycles. The van der Waals surface area contributed by atoms with Gasteiger partial charge in [-0.25, -0.2) is 15.0 Å². The first-order valence-electron chi connectivity index (χ1n) is 7.87. The molecular weight excluding hydrogens is 326 g/mol. The number of ether oxygens (including phenoxy) is 1. The summed E-state index contributed by atoms with van der Waals surface area (Å²) in [5.74, 6) is 4.44. The number of anilines is 1. The van der Waals surface area contributed by atoms with Gasteiger partial charge in [0.25, 0.3) is 0 Å². The van der Waals surface area contributed by atoms with Crippen LogP contribution < -0.4 is 16.8 Å². The predicted molar refractivity (Wildman–Crippen MR) is 89.7 cm³/mol. The van der Waals surface area contributed by atoms with Gasteiger partial charge in [-0.05, 0) is 13.5 Å². The summed E-state index contributed by atoms with van der Waals surface area (Å²) in [6.07, 6.45) is 0.702. The van der Waals surface area contributed by atoms with Gasteiger partial charge in [-0.2, -0.15) is 0 Å². The number of fused-ring (bicyclic) bond motifs is 1. The molecule has 0 unspecified atom stereocenters. The second kappa shape index (κ2) is 6.91. The van der Waals surface area contributed by atoms with Crippen molar-refractivity contribution in [2.75, 3.05) is 19.3 Å². The molecule has 3 rings (SSSR count). The Hall–Kier alpha value is -2.29. The number of aromatic nitrogens is 4. The zero-order valence-electron chi connectivity index (χ0n) is 13.8. The second-order valence-electron chi connectivity index (χ2n) is 5.68. The highest BCUT2D eigenvalue weighted by Crippen LogP contribution is 2.36. The van der Waals surface area contributed by atoms with Gasteiger partial charge in [0.2, 0.25) is 5.85 Å². The third kappa shape index (κ3) is 2.82. The van der Waals surface area contributed by atoms with E-state index in [0.29, 0.717) is 24.0 Å². The Kier molecular flexibility index (Phi) is 4.85. The highest BCUT2D eigenvalue weighted by Gasteiger charge is 2.55. The van der Waals surface area contributed by atoms with E-state index in [9.17, 15) is 10.2 Å². The Morgan fingerprint density at radius 3 is 2.88 bits per heavy atom. The number of rotatable bonds is 4. The Balaban J connectivity index is 1.95. The van der Waals surface area contributed by atoms with Crippen LogP contribution in [-0.4, -0.2) is 61.6 Å². The Bertz CT molecular complexity index is 814. The van der Waals surface area contributed by atoms with E-state index >= 15 is 0 Å². The molecule has 0 amide bonds. The van der Waals surface area contributed by atoms with E-state index < -0.39 is 24.2 Å². The van der Waals surface area contributed by atoms with Crippen molar-refractivity contribution in [1.29, 1.82) is 0 Å². The third-order valence-electron chi connectivity index (χ3n) is 4.30. The minimum atomic E-state index is -1.43. The lowest BCUT2D eigenvalue weighted by Gasteiger charge is -2.33. The van der Waals surface area contributed by atoms with Crippen LogP contribution in [0, 0.1) is 11.8 Å². The largest absolute Gasteiger partial charge is 0.387 e. The number of aliphatic hydroxyl groups is 2. The number of hydrogen-bond acceptors (Lipinski definition) is 9. The third-order valence-corrected chi connectivity index (χ3v) is 4.30. The Morgan fingerprint density at radius 2 is 2.16 bits per heavy atom. The molecule has 1 aliphatic rings. The molecule has 10 heteroatoms. The first kappa shape index (κ1) is 17.5. The number of nitrogens with zero attached hydrogens (tertiary/aromatic N) is 4. The van der Waals surface area contributed by atoms with Crippen molar-refractivity contribution in [3.63, 3.8) is 0 Å². The van der Waals surface area contributed by atoms with Gasteiger partial charge in [0.05, 0.1) is 12.6 Å².